The molecular weight excluding hydrogens is 544 g/mol. The van der Waals surface area contributed by atoms with Crippen molar-refractivity contribution in [1.82, 2.24) is 0 Å². The van der Waals surface area contributed by atoms with E-state index in [0.29, 0.717) is 12.1 Å². The van der Waals surface area contributed by atoms with Crippen LogP contribution in [0.1, 0.15) is 41.4 Å². The first-order chi connectivity index (χ1) is 15.9. The van der Waals surface area contributed by atoms with E-state index in [4.69, 9.17) is 29.5 Å². The van der Waals surface area contributed by atoms with Gasteiger partial charge in [-0.2, -0.15) is 16.8 Å². The summed E-state index contributed by atoms with van der Waals surface area (Å²) in [6.45, 7) is 0. The molecule has 0 saturated heterocycles. The molecule has 6 N–H and O–H groups in total. The van der Waals surface area contributed by atoms with Gasteiger partial charge >= 0.3 is 63.8 Å². The van der Waals surface area contributed by atoms with Gasteiger partial charge in [0.2, 0.25) is 0 Å². The minimum absolute atomic E-state index is 0.125. The van der Waals surface area contributed by atoms with Crippen molar-refractivity contribution >= 4 is 78.0 Å². The Hall–Kier alpha value is -2.60. The zero-order valence-electron chi connectivity index (χ0n) is 17.9. The molecule has 0 aliphatic rings. The van der Waals surface area contributed by atoms with Crippen molar-refractivity contribution in [2.24, 2.45) is 0 Å². The van der Waals surface area contributed by atoms with E-state index in [2.05, 4.69) is 6.04 Å². The van der Waals surface area contributed by atoms with Crippen LogP contribution in [-0.2, 0) is 20.2 Å². The number of hydrogen-bond donors (Lipinski definition) is 6. The number of rotatable bonds is 6. The van der Waals surface area contributed by atoms with Gasteiger partial charge in [0, 0.05) is 0 Å². The van der Waals surface area contributed by atoms with E-state index in [1.54, 1.807) is 0 Å². The van der Waals surface area contributed by atoms with Gasteiger partial charge in [-0.1, -0.05) is 0 Å². The molecule has 17 heteroatoms. The molecule has 0 fully saturated rings. The van der Waals surface area contributed by atoms with Gasteiger partial charge in [-0.25, -0.2) is 19.2 Å². The van der Waals surface area contributed by atoms with E-state index in [9.17, 15) is 36.0 Å². The standard InChI is InChI=1S/2C8H6O7S.2CH3.Ca/c2*9-7(10)5-2-1-4(16(13,14)15)3-6(5)8(11)12;;;/h2*1-3H,(H,9,10)(H,11,12)(H,13,14,15);2*1H3;. The van der Waals surface area contributed by atoms with Gasteiger partial charge in [0.05, 0.1) is 32.0 Å². The summed E-state index contributed by atoms with van der Waals surface area (Å²) in [4.78, 5) is 41.2. The Bertz CT molecular complexity index is 1240. The molecule has 0 spiro atoms. The van der Waals surface area contributed by atoms with Crippen LogP contribution in [0, 0.1) is 0 Å². The van der Waals surface area contributed by atoms with Crippen LogP contribution in [0.2, 0.25) is 6.04 Å². The summed E-state index contributed by atoms with van der Waals surface area (Å²) in [5.74, 6) is -6.19. The third kappa shape index (κ3) is 10.3. The predicted molar refractivity (Wildman–Crippen MR) is 118 cm³/mol. The van der Waals surface area contributed by atoms with E-state index in [-0.39, 0.29) is 33.8 Å². The third-order valence-corrected chi connectivity index (χ3v) is 5.20. The van der Waals surface area contributed by atoms with Gasteiger partial charge in [0.1, 0.15) is 0 Å². The Morgan fingerprint density at radius 1 is 0.571 bits per heavy atom. The fourth-order valence-electron chi connectivity index (χ4n) is 2.09. The Kier molecular flexibility index (Phi) is 12.5. The summed E-state index contributed by atoms with van der Waals surface area (Å²) >= 11 is 0.125. The number of aromatic carboxylic acids is 4. The van der Waals surface area contributed by atoms with Crippen molar-refractivity contribution in [3.8, 4) is 0 Å². The van der Waals surface area contributed by atoms with E-state index in [1.165, 1.54) is 0 Å². The zero-order valence-corrected chi connectivity index (χ0v) is 21.8. The number of carboxylic acid groups (broad SMARTS) is 4. The predicted octanol–water partition coefficient (Wildman–Crippen LogP) is 1.45. The monoisotopic (exact) mass is 562 g/mol. The van der Waals surface area contributed by atoms with Crippen molar-refractivity contribution in [2.75, 3.05) is 0 Å². The van der Waals surface area contributed by atoms with E-state index >= 15 is 0 Å². The van der Waals surface area contributed by atoms with Crippen molar-refractivity contribution in [1.29, 1.82) is 0 Å². The van der Waals surface area contributed by atoms with Crippen LogP contribution in [0.5, 0.6) is 0 Å². The topological polar surface area (TPSA) is 258 Å². The van der Waals surface area contributed by atoms with Crippen LogP contribution >= 0.6 is 0 Å². The molecule has 2 rings (SSSR count). The van der Waals surface area contributed by atoms with Crippen molar-refractivity contribution in [3.05, 3.63) is 58.7 Å². The van der Waals surface area contributed by atoms with E-state index < -0.39 is 76.2 Å². The summed E-state index contributed by atoms with van der Waals surface area (Å²) in [6.07, 6.45) is 0. The van der Waals surface area contributed by atoms with Crippen molar-refractivity contribution < 1.29 is 65.5 Å². The molecule has 2 aromatic carbocycles. The normalized spacial score (nSPS) is 10.4. The fourth-order valence-corrected chi connectivity index (χ4v) is 3.11. The number of carbonyl (C=O) groups is 4. The molecule has 0 amide bonds. The first-order valence-corrected chi connectivity index (χ1v) is 16.3. The molecule has 188 valence electrons. The summed E-state index contributed by atoms with van der Waals surface area (Å²) < 4.78 is 64.8. The van der Waals surface area contributed by atoms with Gasteiger partial charge in [-0.05, 0) is 36.4 Å². The Morgan fingerprint density at radius 2 is 0.800 bits per heavy atom. The van der Waals surface area contributed by atoms with Crippen LogP contribution in [0.3, 0.4) is 0 Å². The Labute approximate surface area is 216 Å². The molecule has 2 aromatic rings. The minimum atomic E-state index is -4.56. The van der Waals surface area contributed by atoms with Gasteiger partial charge < -0.3 is 20.4 Å². The molecule has 0 atom stereocenters. The Balaban J connectivity index is 0.000000594. The van der Waals surface area contributed by atoms with Gasteiger partial charge in [0.15, 0.2) is 0 Å². The SMILES string of the molecule is O=C(O)c1ccc(S(=O)(=O)O)cc1C(=O)O.O=C(O)c1ccc(S(=O)(=O)O)cc1C(=O)O.[CH3][Ca][CH3]. The van der Waals surface area contributed by atoms with Crippen LogP contribution in [0.15, 0.2) is 46.2 Å². The molecule has 0 bridgehead atoms. The van der Waals surface area contributed by atoms with Crippen molar-refractivity contribution in [3.63, 3.8) is 0 Å². The first kappa shape index (κ1) is 32.4. The van der Waals surface area contributed by atoms with E-state index in [1.807, 2.05) is 0 Å². The van der Waals surface area contributed by atoms with Crippen LogP contribution < -0.4 is 0 Å². The molecule has 0 aromatic heterocycles. The zero-order chi connectivity index (χ0) is 27.7. The quantitative estimate of drug-likeness (QED) is 0.215. The molecule has 0 saturated carbocycles. The maximum atomic E-state index is 10.7. The molecule has 35 heavy (non-hydrogen) atoms. The molecule has 14 nitrogen and oxygen atoms in total. The average Bonchev–Trinajstić information content (AvgIpc) is 2.72. The number of benzene rings is 2. The molecule has 0 radical (unpaired) electrons. The summed E-state index contributed by atoms with van der Waals surface area (Å²) in [5, 5.41) is 34.6. The molecular formula is C18H18CaO14S2. The van der Waals surface area contributed by atoms with Crippen LogP contribution in [0.25, 0.3) is 0 Å². The van der Waals surface area contributed by atoms with Gasteiger partial charge in [0.25, 0.3) is 20.2 Å². The second-order valence-corrected chi connectivity index (χ2v) is 11.3. The molecule has 0 aliphatic carbocycles. The molecule has 0 unspecified atom stereocenters. The first-order valence-electron chi connectivity index (χ1n) is 9.04. The number of carboxylic acids is 4. The second-order valence-electron chi connectivity index (χ2n) is 6.29. The average molecular weight is 563 g/mol. The Morgan fingerprint density at radius 3 is 0.971 bits per heavy atom. The fraction of sp³-hybridized carbons (Fsp3) is 0.111. The molecule has 0 aliphatic heterocycles. The summed E-state index contributed by atoms with van der Waals surface area (Å²) in [6, 6.07) is 4.39. The molecule has 0 heterocycles. The number of hydrogen-bond acceptors (Lipinski definition) is 8. The van der Waals surface area contributed by atoms with E-state index in [0.717, 1.165) is 24.3 Å². The third-order valence-electron chi connectivity index (χ3n) is 3.50. The van der Waals surface area contributed by atoms with Crippen molar-refractivity contribution in [2.45, 2.75) is 15.8 Å². The van der Waals surface area contributed by atoms with Crippen LogP contribution in [-0.4, -0.2) is 104 Å². The van der Waals surface area contributed by atoms with Crippen LogP contribution in [0.4, 0.5) is 0 Å². The van der Waals surface area contributed by atoms with Gasteiger partial charge in [-0.3, -0.25) is 9.11 Å². The summed E-state index contributed by atoms with van der Waals surface area (Å²) in [7, 11) is -9.12. The maximum absolute atomic E-state index is 10.7. The summed E-state index contributed by atoms with van der Waals surface area (Å²) in [5.41, 5.74) is -2.52. The van der Waals surface area contributed by atoms with Gasteiger partial charge in [-0.15, -0.1) is 0 Å². The second kappa shape index (κ2) is 13.5.